The number of urea groups is 1. The Morgan fingerprint density at radius 2 is 2.00 bits per heavy atom. The lowest BCUT2D eigenvalue weighted by Gasteiger charge is -2.22. The molecule has 158 valence electrons. The van der Waals surface area contributed by atoms with Gasteiger partial charge in [0.2, 0.25) is 0 Å². The number of nitrogens with zero attached hydrogens (tertiary/aromatic N) is 1. The monoisotopic (exact) mass is 423 g/mol. The van der Waals surface area contributed by atoms with Crippen LogP contribution in [0.4, 0.5) is 10.5 Å². The van der Waals surface area contributed by atoms with Crippen molar-refractivity contribution in [3.05, 3.63) is 28.8 Å². The molecule has 8 nitrogen and oxygen atoms in total. The summed E-state index contributed by atoms with van der Waals surface area (Å²) in [5, 5.41) is 5.70. The lowest BCUT2D eigenvalue weighted by atomic mass is 9.92. The summed E-state index contributed by atoms with van der Waals surface area (Å²) >= 11 is 5.90. The van der Waals surface area contributed by atoms with Crippen molar-refractivity contribution in [2.75, 3.05) is 18.5 Å². The summed E-state index contributed by atoms with van der Waals surface area (Å²) in [5.74, 6) is -1.50. The number of nitrogens with one attached hydrogen (secondary N) is 2. The first-order valence-corrected chi connectivity index (χ1v) is 9.75. The average molecular weight is 424 g/mol. The summed E-state index contributed by atoms with van der Waals surface area (Å²) in [6.45, 7) is 6.39. The molecule has 0 aromatic heterocycles. The number of ether oxygens (including phenoxy) is 1. The standard InChI is InChI=1S/C20H26ClN3O5/c1-12(2)7-8-20(4)18(27)24(19(28)23-20)10-17(26)29-11-16(25)22-15-9-14(21)6-5-13(15)3/h5-6,9,12H,7-8,10-11H2,1-4H3,(H,22,25)(H,23,28)/t20-/m1/s1. The zero-order valence-electron chi connectivity index (χ0n) is 17.0. The van der Waals surface area contributed by atoms with Gasteiger partial charge in [0.05, 0.1) is 0 Å². The van der Waals surface area contributed by atoms with E-state index >= 15 is 0 Å². The van der Waals surface area contributed by atoms with E-state index in [0.717, 1.165) is 16.9 Å². The quantitative estimate of drug-likeness (QED) is 0.494. The van der Waals surface area contributed by atoms with Crippen LogP contribution in [0.2, 0.25) is 5.02 Å². The molecule has 0 spiro atoms. The van der Waals surface area contributed by atoms with Crippen LogP contribution in [0.25, 0.3) is 0 Å². The predicted octanol–water partition coefficient (Wildman–Crippen LogP) is 2.88. The highest BCUT2D eigenvalue weighted by molar-refractivity contribution is 6.31. The van der Waals surface area contributed by atoms with E-state index in [1.807, 2.05) is 13.8 Å². The molecule has 2 rings (SSSR count). The van der Waals surface area contributed by atoms with Gasteiger partial charge in [0.15, 0.2) is 6.61 Å². The van der Waals surface area contributed by atoms with Crippen LogP contribution in [-0.4, -0.2) is 47.4 Å². The summed E-state index contributed by atoms with van der Waals surface area (Å²) in [7, 11) is 0. The summed E-state index contributed by atoms with van der Waals surface area (Å²) in [5.41, 5.74) is 0.269. The van der Waals surface area contributed by atoms with E-state index in [-0.39, 0.29) is 0 Å². The second kappa shape index (κ2) is 9.26. The van der Waals surface area contributed by atoms with E-state index in [1.54, 1.807) is 32.0 Å². The number of benzene rings is 1. The topological polar surface area (TPSA) is 105 Å². The molecule has 2 N–H and O–H groups in total. The molecule has 0 aliphatic carbocycles. The van der Waals surface area contributed by atoms with Crippen molar-refractivity contribution in [3.8, 4) is 0 Å². The first-order chi connectivity index (χ1) is 13.5. The maximum Gasteiger partial charge on any atom is 0.326 e. The number of imide groups is 1. The maximum atomic E-state index is 12.6. The number of esters is 1. The first kappa shape index (κ1) is 22.7. The molecule has 1 aliphatic heterocycles. The SMILES string of the molecule is Cc1ccc(Cl)cc1NC(=O)COC(=O)CN1C(=O)N[C@](C)(CCC(C)C)C1=O. The van der Waals surface area contributed by atoms with Crippen molar-refractivity contribution in [1.29, 1.82) is 0 Å². The van der Waals surface area contributed by atoms with Crippen molar-refractivity contribution < 1.29 is 23.9 Å². The number of hydrogen-bond donors (Lipinski definition) is 2. The minimum atomic E-state index is -1.04. The maximum absolute atomic E-state index is 12.6. The van der Waals surface area contributed by atoms with Crippen molar-refractivity contribution in [2.45, 2.75) is 46.1 Å². The third-order valence-electron chi connectivity index (χ3n) is 4.69. The molecular weight excluding hydrogens is 398 g/mol. The third kappa shape index (κ3) is 5.93. The number of amides is 4. The Balaban J connectivity index is 1.87. The lowest BCUT2D eigenvalue weighted by Crippen LogP contribution is -2.44. The summed E-state index contributed by atoms with van der Waals surface area (Å²) in [6.07, 6.45) is 1.23. The van der Waals surface area contributed by atoms with Gasteiger partial charge in [-0.25, -0.2) is 4.79 Å². The molecule has 4 amide bonds. The van der Waals surface area contributed by atoms with Gasteiger partial charge in [0.25, 0.3) is 11.8 Å². The number of hydrogen-bond acceptors (Lipinski definition) is 5. The van der Waals surface area contributed by atoms with Gasteiger partial charge in [0.1, 0.15) is 12.1 Å². The van der Waals surface area contributed by atoms with Gasteiger partial charge in [-0.15, -0.1) is 0 Å². The molecule has 1 aromatic carbocycles. The predicted molar refractivity (Wildman–Crippen MR) is 108 cm³/mol. The molecule has 1 atom stereocenters. The molecule has 1 aromatic rings. The molecule has 1 saturated heterocycles. The molecular formula is C20H26ClN3O5. The van der Waals surface area contributed by atoms with Gasteiger partial charge in [-0.05, 0) is 50.3 Å². The smallest absolute Gasteiger partial charge is 0.326 e. The average Bonchev–Trinajstić information content (AvgIpc) is 2.85. The van der Waals surface area contributed by atoms with Crippen molar-refractivity contribution in [1.82, 2.24) is 10.2 Å². The Morgan fingerprint density at radius 3 is 2.66 bits per heavy atom. The molecule has 0 radical (unpaired) electrons. The van der Waals surface area contributed by atoms with Crippen LogP contribution in [0.3, 0.4) is 0 Å². The number of anilines is 1. The van der Waals surface area contributed by atoms with Crippen LogP contribution in [0, 0.1) is 12.8 Å². The molecule has 1 heterocycles. The van der Waals surface area contributed by atoms with Crippen molar-refractivity contribution in [3.63, 3.8) is 0 Å². The molecule has 1 aliphatic rings. The summed E-state index contributed by atoms with van der Waals surface area (Å²) < 4.78 is 4.91. The van der Waals surface area contributed by atoms with Gasteiger partial charge < -0.3 is 15.4 Å². The lowest BCUT2D eigenvalue weighted by molar-refractivity contribution is -0.150. The Bertz CT molecular complexity index is 826. The number of carbonyl (C=O) groups is 4. The van der Waals surface area contributed by atoms with E-state index in [0.29, 0.717) is 23.0 Å². The van der Waals surface area contributed by atoms with E-state index < -0.39 is 42.5 Å². The van der Waals surface area contributed by atoms with Crippen LogP contribution in [0.1, 0.15) is 39.2 Å². The molecule has 1 fully saturated rings. The highest BCUT2D eigenvalue weighted by atomic mass is 35.5. The Labute approximate surface area is 174 Å². The Kier molecular flexibility index (Phi) is 7.24. The van der Waals surface area contributed by atoms with Gasteiger partial charge in [-0.3, -0.25) is 19.3 Å². The fourth-order valence-corrected chi connectivity index (χ4v) is 3.05. The molecule has 0 bridgehead atoms. The highest BCUT2D eigenvalue weighted by Crippen LogP contribution is 2.24. The fraction of sp³-hybridized carbons (Fsp3) is 0.500. The van der Waals surface area contributed by atoms with Gasteiger partial charge in [-0.1, -0.05) is 31.5 Å². The second-order valence-corrected chi connectivity index (χ2v) is 8.19. The largest absolute Gasteiger partial charge is 0.454 e. The van der Waals surface area contributed by atoms with Crippen LogP contribution in [0.15, 0.2) is 18.2 Å². The first-order valence-electron chi connectivity index (χ1n) is 9.37. The summed E-state index contributed by atoms with van der Waals surface area (Å²) in [6, 6.07) is 4.39. The van der Waals surface area contributed by atoms with E-state index in [9.17, 15) is 19.2 Å². The zero-order chi connectivity index (χ0) is 21.8. The van der Waals surface area contributed by atoms with Crippen LogP contribution in [0.5, 0.6) is 0 Å². The van der Waals surface area contributed by atoms with Crippen LogP contribution in [-0.2, 0) is 19.1 Å². The van der Waals surface area contributed by atoms with E-state index in [2.05, 4.69) is 10.6 Å². The molecule has 0 unspecified atom stereocenters. The number of halogens is 1. The number of carbonyl (C=O) groups excluding carboxylic acids is 4. The zero-order valence-corrected chi connectivity index (χ0v) is 17.8. The molecule has 29 heavy (non-hydrogen) atoms. The van der Waals surface area contributed by atoms with Gasteiger partial charge in [0, 0.05) is 10.7 Å². The van der Waals surface area contributed by atoms with Crippen LogP contribution >= 0.6 is 11.6 Å². The highest BCUT2D eigenvalue weighted by Gasteiger charge is 2.48. The van der Waals surface area contributed by atoms with Crippen molar-refractivity contribution in [2.24, 2.45) is 5.92 Å². The van der Waals surface area contributed by atoms with E-state index in [1.165, 1.54) is 0 Å². The number of rotatable bonds is 8. The normalized spacial score (nSPS) is 18.8. The van der Waals surface area contributed by atoms with Crippen molar-refractivity contribution >= 4 is 41.1 Å². The summed E-state index contributed by atoms with van der Waals surface area (Å²) in [4.78, 5) is 49.6. The minimum Gasteiger partial charge on any atom is -0.454 e. The van der Waals surface area contributed by atoms with Gasteiger partial charge in [-0.2, -0.15) is 0 Å². The molecule has 9 heteroatoms. The van der Waals surface area contributed by atoms with E-state index in [4.69, 9.17) is 16.3 Å². The Hall–Kier alpha value is -2.61. The minimum absolute atomic E-state index is 0.372. The third-order valence-corrected chi connectivity index (χ3v) is 4.93. The fourth-order valence-electron chi connectivity index (χ4n) is 2.87. The molecule has 0 saturated carbocycles. The van der Waals surface area contributed by atoms with Crippen LogP contribution < -0.4 is 10.6 Å². The van der Waals surface area contributed by atoms with Gasteiger partial charge >= 0.3 is 12.0 Å². The number of aryl methyl sites for hydroxylation is 1. The Morgan fingerprint density at radius 1 is 1.31 bits per heavy atom. The second-order valence-electron chi connectivity index (χ2n) is 7.75.